The first-order valence-electron chi connectivity index (χ1n) is 9.91. The highest BCUT2D eigenvalue weighted by molar-refractivity contribution is 6.31. The number of hydrogen-bond donors (Lipinski definition) is 1. The zero-order valence-electron chi connectivity index (χ0n) is 17.1. The summed E-state index contributed by atoms with van der Waals surface area (Å²) in [6.45, 7) is 3.12. The van der Waals surface area contributed by atoms with Gasteiger partial charge < -0.3 is 14.8 Å². The molecule has 4 aromatic rings. The van der Waals surface area contributed by atoms with Crippen LogP contribution in [0.3, 0.4) is 0 Å². The molecule has 0 radical (unpaired) electrons. The molecule has 3 nitrogen and oxygen atoms in total. The number of benzene rings is 4. The maximum absolute atomic E-state index is 6.58. The Balaban J connectivity index is 1.52. The Bertz CT molecular complexity index is 1170. The molecular weight excluding hydrogens is 394 g/mol. The van der Waals surface area contributed by atoms with Crippen LogP contribution in [0, 0.1) is 6.92 Å². The van der Waals surface area contributed by atoms with E-state index in [9.17, 15) is 0 Å². The highest BCUT2D eigenvalue weighted by atomic mass is 35.5. The number of anilines is 1. The molecule has 0 aliphatic rings. The fourth-order valence-corrected chi connectivity index (χ4v) is 3.70. The molecular formula is C26H24ClNO2. The smallest absolute Gasteiger partial charge is 0.163 e. The summed E-state index contributed by atoms with van der Waals surface area (Å²) >= 11 is 6.58. The summed E-state index contributed by atoms with van der Waals surface area (Å²) in [5.41, 5.74) is 4.35. The minimum absolute atomic E-state index is 0.465. The van der Waals surface area contributed by atoms with Gasteiger partial charge in [-0.3, -0.25) is 0 Å². The Hall–Kier alpha value is -3.17. The number of methoxy groups -OCH3 is 1. The van der Waals surface area contributed by atoms with E-state index in [2.05, 4.69) is 54.7 Å². The summed E-state index contributed by atoms with van der Waals surface area (Å²) < 4.78 is 11.6. The van der Waals surface area contributed by atoms with E-state index in [1.54, 1.807) is 7.11 Å². The van der Waals surface area contributed by atoms with Crippen molar-refractivity contribution in [3.8, 4) is 11.5 Å². The van der Waals surface area contributed by atoms with Crippen LogP contribution < -0.4 is 14.8 Å². The van der Waals surface area contributed by atoms with Gasteiger partial charge in [0.1, 0.15) is 6.61 Å². The summed E-state index contributed by atoms with van der Waals surface area (Å²) in [6.07, 6.45) is 0. The van der Waals surface area contributed by atoms with E-state index in [1.165, 1.54) is 16.3 Å². The lowest BCUT2D eigenvalue weighted by atomic mass is 10.1. The van der Waals surface area contributed by atoms with Crippen LogP contribution in [-0.4, -0.2) is 7.11 Å². The van der Waals surface area contributed by atoms with Gasteiger partial charge in [-0.2, -0.15) is 0 Å². The molecule has 0 unspecified atom stereocenters. The van der Waals surface area contributed by atoms with Crippen molar-refractivity contribution in [3.63, 3.8) is 0 Å². The first-order valence-corrected chi connectivity index (χ1v) is 10.3. The molecule has 1 N–H and O–H groups in total. The number of rotatable bonds is 7. The molecule has 0 spiro atoms. The molecule has 4 heteroatoms. The van der Waals surface area contributed by atoms with Crippen molar-refractivity contribution in [1.82, 2.24) is 0 Å². The van der Waals surface area contributed by atoms with Gasteiger partial charge in [0.15, 0.2) is 11.5 Å². The van der Waals surface area contributed by atoms with Crippen molar-refractivity contribution in [1.29, 1.82) is 0 Å². The molecule has 0 heterocycles. The maximum atomic E-state index is 6.58. The van der Waals surface area contributed by atoms with Gasteiger partial charge in [-0.15, -0.1) is 0 Å². The summed E-state index contributed by atoms with van der Waals surface area (Å²) in [6, 6.07) is 26.5. The molecule has 4 rings (SSSR count). The van der Waals surface area contributed by atoms with Gasteiger partial charge in [0.2, 0.25) is 0 Å². The highest BCUT2D eigenvalue weighted by Crippen LogP contribution is 2.35. The molecule has 0 amide bonds. The Labute approximate surface area is 182 Å². The lowest BCUT2D eigenvalue weighted by molar-refractivity contribution is 0.284. The normalized spacial score (nSPS) is 10.8. The number of hydrogen-bond acceptors (Lipinski definition) is 3. The van der Waals surface area contributed by atoms with Gasteiger partial charge in [-0.25, -0.2) is 0 Å². The van der Waals surface area contributed by atoms with E-state index in [4.69, 9.17) is 21.1 Å². The molecule has 152 valence electrons. The van der Waals surface area contributed by atoms with Crippen molar-refractivity contribution < 1.29 is 9.47 Å². The van der Waals surface area contributed by atoms with E-state index < -0.39 is 0 Å². The second-order valence-corrected chi connectivity index (χ2v) is 7.60. The van der Waals surface area contributed by atoms with Crippen LogP contribution in [0.15, 0.2) is 78.9 Å². The largest absolute Gasteiger partial charge is 0.493 e. The van der Waals surface area contributed by atoms with Crippen molar-refractivity contribution in [2.75, 3.05) is 12.4 Å². The number of aryl methyl sites for hydroxylation is 1. The molecule has 0 saturated heterocycles. The lowest BCUT2D eigenvalue weighted by Gasteiger charge is -2.16. The third kappa shape index (κ3) is 4.37. The lowest BCUT2D eigenvalue weighted by Crippen LogP contribution is -2.03. The van der Waals surface area contributed by atoms with Gasteiger partial charge in [0.25, 0.3) is 0 Å². The highest BCUT2D eigenvalue weighted by Gasteiger charge is 2.12. The number of ether oxygens (including phenoxy) is 2. The fraction of sp³-hybridized carbons (Fsp3) is 0.154. The summed E-state index contributed by atoms with van der Waals surface area (Å²) in [5.74, 6) is 1.31. The topological polar surface area (TPSA) is 30.5 Å². The monoisotopic (exact) mass is 417 g/mol. The quantitative estimate of drug-likeness (QED) is 0.351. The third-order valence-corrected chi connectivity index (χ3v) is 5.59. The zero-order chi connectivity index (χ0) is 20.9. The van der Waals surface area contributed by atoms with E-state index in [0.717, 1.165) is 16.8 Å². The first kappa shape index (κ1) is 20.1. The molecule has 0 aromatic heterocycles. The average molecular weight is 418 g/mol. The van der Waals surface area contributed by atoms with E-state index >= 15 is 0 Å². The molecule has 0 aliphatic heterocycles. The van der Waals surface area contributed by atoms with Crippen molar-refractivity contribution in [2.45, 2.75) is 20.1 Å². The molecule has 0 atom stereocenters. The van der Waals surface area contributed by atoms with Gasteiger partial charge in [-0.05, 0) is 41.1 Å². The van der Waals surface area contributed by atoms with Crippen LogP contribution in [0.1, 0.15) is 16.7 Å². The minimum Gasteiger partial charge on any atom is -0.493 e. The van der Waals surface area contributed by atoms with Crippen LogP contribution in [0.4, 0.5) is 5.69 Å². The Morgan fingerprint density at radius 1 is 0.833 bits per heavy atom. The van der Waals surface area contributed by atoms with Crippen LogP contribution in [0.5, 0.6) is 11.5 Å². The Morgan fingerprint density at radius 2 is 1.60 bits per heavy atom. The van der Waals surface area contributed by atoms with Gasteiger partial charge in [0, 0.05) is 28.7 Å². The Morgan fingerprint density at radius 3 is 2.43 bits per heavy atom. The van der Waals surface area contributed by atoms with Crippen LogP contribution >= 0.6 is 11.6 Å². The summed E-state index contributed by atoms with van der Waals surface area (Å²) in [4.78, 5) is 0. The first-order chi connectivity index (χ1) is 14.7. The average Bonchev–Trinajstić information content (AvgIpc) is 2.78. The molecule has 0 fully saturated rings. The van der Waals surface area contributed by atoms with Crippen LogP contribution in [0.25, 0.3) is 10.8 Å². The number of halogens is 1. The molecule has 0 saturated carbocycles. The predicted molar refractivity (Wildman–Crippen MR) is 125 cm³/mol. The SMILES string of the molecule is COc1cc(CNc2cccc3ccccc23)c(Cl)cc1OCc1ccccc1C. The van der Waals surface area contributed by atoms with Gasteiger partial charge >= 0.3 is 0 Å². The summed E-state index contributed by atoms with van der Waals surface area (Å²) in [7, 11) is 1.64. The Kier molecular flexibility index (Phi) is 6.10. The standard InChI is InChI=1S/C26H24ClNO2/c1-18-8-3-4-10-20(18)17-30-26-15-23(27)21(14-25(26)29-2)16-28-24-13-7-11-19-9-5-6-12-22(19)24/h3-15,28H,16-17H2,1-2H3. The third-order valence-electron chi connectivity index (χ3n) is 5.24. The second-order valence-electron chi connectivity index (χ2n) is 7.19. The van der Waals surface area contributed by atoms with E-state index in [-0.39, 0.29) is 0 Å². The van der Waals surface area contributed by atoms with E-state index in [0.29, 0.717) is 29.7 Å². The molecule has 0 bridgehead atoms. The van der Waals surface area contributed by atoms with Crippen molar-refractivity contribution in [3.05, 3.63) is 101 Å². The fourth-order valence-electron chi connectivity index (χ4n) is 3.48. The van der Waals surface area contributed by atoms with Crippen molar-refractivity contribution in [2.24, 2.45) is 0 Å². The van der Waals surface area contributed by atoms with Crippen LogP contribution in [-0.2, 0) is 13.2 Å². The molecule has 30 heavy (non-hydrogen) atoms. The predicted octanol–water partition coefficient (Wildman–Crippen LogP) is 7.00. The van der Waals surface area contributed by atoms with Gasteiger partial charge in [0.05, 0.1) is 7.11 Å². The minimum atomic E-state index is 0.465. The zero-order valence-corrected chi connectivity index (χ0v) is 17.9. The van der Waals surface area contributed by atoms with Gasteiger partial charge in [-0.1, -0.05) is 72.3 Å². The van der Waals surface area contributed by atoms with Crippen molar-refractivity contribution >= 4 is 28.1 Å². The number of fused-ring (bicyclic) bond motifs is 1. The molecule has 0 aliphatic carbocycles. The number of nitrogens with one attached hydrogen (secondary N) is 1. The van der Waals surface area contributed by atoms with Crippen LogP contribution in [0.2, 0.25) is 5.02 Å². The summed E-state index contributed by atoms with van der Waals surface area (Å²) in [5, 5.41) is 6.52. The maximum Gasteiger partial charge on any atom is 0.163 e. The second kappa shape index (κ2) is 9.10. The van der Waals surface area contributed by atoms with E-state index in [1.807, 2.05) is 36.4 Å². The molecule has 4 aromatic carbocycles.